The van der Waals surface area contributed by atoms with Crippen molar-refractivity contribution in [3.05, 3.63) is 95.6 Å². The molecule has 2 aliphatic rings. The summed E-state index contributed by atoms with van der Waals surface area (Å²) >= 11 is 0. The number of aliphatic hydroxyl groups is 1. The highest BCUT2D eigenvalue weighted by molar-refractivity contribution is 5.98. The molecule has 0 unspecified atom stereocenters. The number of rotatable bonds is 17. The molecule has 2 heterocycles. The number of phenolic OH excluding ortho intramolecular Hbond substituents is 2. The maximum atomic E-state index is 14.8. The third-order valence-electron chi connectivity index (χ3n) is 14.0. The zero-order chi connectivity index (χ0) is 57.5. The molecule has 78 heavy (non-hydrogen) atoms. The van der Waals surface area contributed by atoms with Crippen molar-refractivity contribution < 1.29 is 73.1 Å². The van der Waals surface area contributed by atoms with Crippen molar-refractivity contribution in [2.75, 3.05) is 7.05 Å². The molecule has 2 fully saturated rings. The first-order valence-corrected chi connectivity index (χ1v) is 26.0. The molecule has 3 aromatic rings. The van der Waals surface area contributed by atoms with Gasteiger partial charge in [0.25, 0.3) is 0 Å². The van der Waals surface area contributed by atoms with Crippen LogP contribution in [-0.4, -0.2) is 157 Å². The van der Waals surface area contributed by atoms with E-state index in [1.54, 1.807) is 58.0 Å². The van der Waals surface area contributed by atoms with Crippen molar-refractivity contribution in [2.24, 2.45) is 11.8 Å². The molecule has 2 saturated heterocycles. The number of benzene rings is 3. The molecule has 5 rings (SSSR count). The Hall–Kier alpha value is -8.08. The highest BCUT2D eigenvalue weighted by atomic mass is 16.5. The fourth-order valence-electron chi connectivity index (χ4n) is 9.32. The molecule has 0 saturated carbocycles. The molecule has 23 nitrogen and oxygen atoms in total. The number of hydrogen-bond donors (Lipinski definition) is 10. The predicted octanol–water partition coefficient (Wildman–Crippen LogP) is 0.703. The number of esters is 1. The zero-order valence-electron chi connectivity index (χ0n) is 44.8. The van der Waals surface area contributed by atoms with E-state index in [1.165, 1.54) is 62.5 Å². The van der Waals surface area contributed by atoms with E-state index in [0.717, 1.165) is 16.7 Å². The summed E-state index contributed by atoms with van der Waals surface area (Å²) in [5.74, 6) is -10.9. The van der Waals surface area contributed by atoms with E-state index in [0.29, 0.717) is 23.1 Å². The lowest BCUT2D eigenvalue weighted by Gasteiger charge is -2.44. The molecule has 11 atom stereocenters. The summed E-state index contributed by atoms with van der Waals surface area (Å²) < 4.78 is 5.92. The van der Waals surface area contributed by atoms with Crippen LogP contribution in [0.4, 0.5) is 0 Å². The number of cyclic esters (lactones) is 1. The van der Waals surface area contributed by atoms with Gasteiger partial charge in [0.15, 0.2) is 0 Å². The lowest BCUT2D eigenvalue weighted by molar-refractivity contribution is -0.167. The van der Waals surface area contributed by atoms with E-state index in [1.807, 2.05) is 0 Å². The summed E-state index contributed by atoms with van der Waals surface area (Å²) in [6.07, 6.45) is -4.62. The van der Waals surface area contributed by atoms with Crippen LogP contribution in [-0.2, 0) is 71.9 Å². The molecule has 0 spiro atoms. The van der Waals surface area contributed by atoms with Gasteiger partial charge in [0, 0.05) is 39.7 Å². The first kappa shape index (κ1) is 60.8. The average Bonchev–Trinajstić information content (AvgIpc) is 3.40. The van der Waals surface area contributed by atoms with Gasteiger partial charge in [-0.1, -0.05) is 88.7 Å². The fourth-order valence-corrected chi connectivity index (χ4v) is 9.32. The summed E-state index contributed by atoms with van der Waals surface area (Å²) in [6, 6.07) is 8.27. The summed E-state index contributed by atoms with van der Waals surface area (Å²) in [5.41, 5.74) is 1.56. The number of nitrogens with one attached hydrogen (secondary N) is 6. The number of carboxylic acid groups (broad SMARTS) is 1. The average molecular weight is 1090 g/mol. The normalized spacial score (nSPS) is 23.9. The van der Waals surface area contributed by atoms with E-state index in [2.05, 4.69) is 31.9 Å². The summed E-state index contributed by atoms with van der Waals surface area (Å²) in [4.78, 5) is 142. The van der Waals surface area contributed by atoms with Crippen LogP contribution in [0.25, 0.3) is 0 Å². The van der Waals surface area contributed by atoms with Crippen LogP contribution in [0.2, 0.25) is 0 Å². The van der Waals surface area contributed by atoms with Crippen molar-refractivity contribution in [3.63, 3.8) is 0 Å². The highest BCUT2D eigenvalue weighted by Gasteiger charge is 2.47. The number of nitrogens with zero attached hydrogens (tertiary/aromatic N) is 2. The minimum absolute atomic E-state index is 0.0494. The molecule has 0 aliphatic carbocycles. The lowest BCUT2D eigenvalue weighted by Crippen LogP contribution is -2.66. The molecule has 0 radical (unpaired) electrons. The first-order chi connectivity index (χ1) is 36.9. The number of carbonyl (C=O) groups is 10. The van der Waals surface area contributed by atoms with Crippen molar-refractivity contribution in [1.82, 2.24) is 41.7 Å². The summed E-state index contributed by atoms with van der Waals surface area (Å²) in [6.45, 7) is 9.15. The Balaban J connectivity index is 1.53. The van der Waals surface area contributed by atoms with Gasteiger partial charge in [-0.2, -0.15) is 0 Å². The number of hydrogen-bond acceptors (Lipinski definition) is 14. The molecule has 8 amide bonds. The summed E-state index contributed by atoms with van der Waals surface area (Å²) in [5, 5.41) is 56.7. The van der Waals surface area contributed by atoms with Gasteiger partial charge in [-0.3, -0.25) is 38.4 Å². The maximum absolute atomic E-state index is 14.8. The van der Waals surface area contributed by atoms with Crippen LogP contribution >= 0.6 is 0 Å². The van der Waals surface area contributed by atoms with E-state index >= 15 is 0 Å². The van der Waals surface area contributed by atoms with Crippen LogP contribution in [0.3, 0.4) is 0 Å². The third kappa shape index (κ3) is 16.5. The largest absolute Gasteiger partial charge is 0.508 e. The van der Waals surface area contributed by atoms with Crippen molar-refractivity contribution in [2.45, 2.75) is 154 Å². The number of aliphatic hydroxyl groups excluding tert-OH is 1. The topological polar surface area (TPSA) is 340 Å². The van der Waals surface area contributed by atoms with Gasteiger partial charge >= 0.3 is 11.9 Å². The van der Waals surface area contributed by atoms with Crippen LogP contribution in [0.1, 0.15) is 90.3 Å². The first-order valence-electron chi connectivity index (χ1n) is 26.0. The van der Waals surface area contributed by atoms with Crippen LogP contribution in [0.5, 0.6) is 11.5 Å². The Kier molecular flexibility index (Phi) is 21.7. The Morgan fingerprint density at radius 1 is 0.744 bits per heavy atom. The molecule has 0 aromatic heterocycles. The molecule has 2 bridgehead atoms. The SMILES string of the molecule is CC[C@@H](C)[C@H]1NC(=O)[C@H](Cc2ccccc2)N(C)C(=O)[C@H](C(C)C)N2C(=O)[C@H](CC[C@H]2O)NC(=O)[C@H](Cc2ccc(O)cc2)NC(=O)[C@@H](NC(=O)CC[C@H](NC(=O)[C@@H](Cc2ccc(O)cc2)NC(C)=O)C(=O)O)[C@H](C)OC1=O. The number of carbonyl (C=O) groups excluding carboxylic acids is 9. The Bertz CT molecular complexity index is 2640. The van der Waals surface area contributed by atoms with Crippen molar-refractivity contribution in [3.8, 4) is 11.5 Å². The molecule has 23 heteroatoms. The molecule has 3 aromatic carbocycles. The minimum Gasteiger partial charge on any atom is -0.508 e. The van der Waals surface area contributed by atoms with E-state index < -0.39 is 145 Å². The van der Waals surface area contributed by atoms with Crippen LogP contribution in [0.15, 0.2) is 78.9 Å². The fraction of sp³-hybridized carbons (Fsp3) is 0.491. The Morgan fingerprint density at radius 3 is 1.92 bits per heavy atom. The van der Waals surface area contributed by atoms with E-state index in [4.69, 9.17) is 4.74 Å². The number of aliphatic carboxylic acids is 1. The zero-order valence-corrected chi connectivity index (χ0v) is 44.8. The van der Waals surface area contributed by atoms with Gasteiger partial charge in [0.05, 0.1) is 0 Å². The quantitative estimate of drug-likeness (QED) is 0.0833. The smallest absolute Gasteiger partial charge is 0.329 e. The number of aromatic hydroxyl groups is 2. The second kappa shape index (κ2) is 27.8. The second-order valence-electron chi connectivity index (χ2n) is 20.3. The van der Waals surface area contributed by atoms with Gasteiger partial charge in [0.1, 0.15) is 72.2 Å². The Labute approximate surface area is 452 Å². The van der Waals surface area contributed by atoms with Crippen molar-refractivity contribution in [1.29, 1.82) is 0 Å². The van der Waals surface area contributed by atoms with Gasteiger partial charge in [-0.15, -0.1) is 0 Å². The van der Waals surface area contributed by atoms with E-state index in [-0.39, 0.29) is 43.6 Å². The number of ether oxygens (including phenoxy) is 1. The predicted molar refractivity (Wildman–Crippen MR) is 280 cm³/mol. The molecule has 422 valence electrons. The van der Waals surface area contributed by atoms with E-state index in [9.17, 15) is 68.4 Å². The van der Waals surface area contributed by atoms with Crippen LogP contribution in [0, 0.1) is 11.8 Å². The number of piperidine rings is 1. The third-order valence-corrected chi connectivity index (χ3v) is 14.0. The highest BCUT2D eigenvalue weighted by Crippen LogP contribution is 2.27. The molecular formula is C55H72N8O15. The van der Waals surface area contributed by atoms with Crippen molar-refractivity contribution >= 4 is 59.2 Å². The van der Waals surface area contributed by atoms with Gasteiger partial charge < -0.3 is 66.9 Å². The lowest BCUT2D eigenvalue weighted by atomic mass is 9.93. The monoisotopic (exact) mass is 1080 g/mol. The number of fused-ring (bicyclic) bond motifs is 2. The Morgan fingerprint density at radius 2 is 1.35 bits per heavy atom. The number of likely N-dealkylation sites (N-methyl/N-ethyl adjacent to an activating group) is 1. The molecule has 10 N–H and O–H groups in total. The van der Waals surface area contributed by atoms with Gasteiger partial charge in [-0.25, -0.2) is 9.59 Å². The maximum Gasteiger partial charge on any atom is 0.329 e. The van der Waals surface area contributed by atoms with Gasteiger partial charge in [-0.05, 0) is 79.0 Å². The summed E-state index contributed by atoms with van der Waals surface area (Å²) in [7, 11) is 1.37. The number of phenols is 2. The van der Waals surface area contributed by atoms with Gasteiger partial charge in [0.2, 0.25) is 47.3 Å². The number of carboxylic acids is 1. The molecule has 2 aliphatic heterocycles. The standard InChI is InChI=1S/C55H72N8O15/c1-8-30(4)45-55(77)78-31(5)46(60-43(67)24-22-39(54(75)76)58-48(69)40(56-32(6)64)26-34-14-18-36(65)19-15-34)51(72)59-41(27-35-16-20-37(66)21-17-35)49(70)57-38-23-25-44(68)63(52(38)73)47(29(2)3)53(74)62(7)42(50(71)61-45)28-33-12-10-9-11-13-33/h9-21,29-31,38-42,44-47,65-66,68H,8,22-28H2,1-7H3,(H,56,64)(H,57,70)(H,58,69)(H,59,72)(H,60,67)(H,61,71)(H,75,76)/t30-,31+,38+,39+,40-,41+,42+,44-,45-,46+,47+/m1/s1. The minimum atomic E-state index is -1.84. The molecular weight excluding hydrogens is 1010 g/mol. The van der Waals surface area contributed by atoms with Crippen LogP contribution < -0.4 is 31.9 Å². The number of amides is 8. The second-order valence-corrected chi connectivity index (χ2v) is 20.3.